The second-order valence-electron chi connectivity index (χ2n) is 4.62. The molecule has 96 valence electrons. The van der Waals surface area contributed by atoms with E-state index in [0.29, 0.717) is 0 Å². The van der Waals surface area contributed by atoms with E-state index in [1.54, 1.807) is 6.92 Å². The van der Waals surface area contributed by atoms with E-state index in [1.165, 1.54) is 11.7 Å². The van der Waals surface area contributed by atoms with Crippen LogP contribution in [0.2, 0.25) is 0 Å². The van der Waals surface area contributed by atoms with Gasteiger partial charge in [0.15, 0.2) is 0 Å². The highest BCUT2D eigenvalue weighted by atomic mass is 31.2. The van der Waals surface area contributed by atoms with E-state index >= 15 is 0 Å². The van der Waals surface area contributed by atoms with Crippen molar-refractivity contribution in [3.05, 3.63) is 35.9 Å². The molecule has 0 aliphatic carbocycles. The topological polar surface area (TPSA) is 49.4 Å². The summed E-state index contributed by atoms with van der Waals surface area (Å²) in [4.78, 5) is 9.27. The van der Waals surface area contributed by atoms with Gasteiger partial charge in [0.1, 0.15) is 0 Å². The van der Waals surface area contributed by atoms with E-state index in [4.69, 9.17) is 0 Å². The van der Waals surface area contributed by atoms with Crippen LogP contribution >= 0.6 is 7.26 Å². The first-order valence-electron chi connectivity index (χ1n) is 5.53. The minimum Gasteiger partial charge on any atom is -0.550 e. The summed E-state index contributed by atoms with van der Waals surface area (Å²) >= 11 is 0. The molecule has 1 aromatic rings. The van der Waals surface area contributed by atoms with E-state index < -0.39 is 13.4 Å². The van der Waals surface area contributed by atoms with Gasteiger partial charge in [-0.3, -0.25) is 0 Å². The first kappa shape index (κ1) is 15.9. The van der Waals surface area contributed by atoms with Gasteiger partial charge in [0.25, 0.3) is 6.16 Å². The Hall–Kier alpha value is -1.08. The smallest absolute Gasteiger partial charge is 0.251 e. The predicted octanol–water partition coefficient (Wildman–Crippen LogP) is 2.46. The van der Waals surface area contributed by atoms with Crippen molar-refractivity contribution in [3.8, 4) is 0 Å². The normalized spacial score (nSPS) is 10.1. The van der Waals surface area contributed by atoms with E-state index in [1.807, 2.05) is 0 Å². The molecular weight excluding hydrogens is 235 g/mol. The van der Waals surface area contributed by atoms with Crippen molar-refractivity contribution in [3.63, 3.8) is 0 Å². The summed E-state index contributed by atoms with van der Waals surface area (Å²) in [6.45, 7) is 8.87. The zero-order chi connectivity index (χ0) is 13.3. The molecule has 0 N–H and O–H groups in total. The number of carbonyl (C=O) groups is 1. The van der Waals surface area contributed by atoms with Crippen LogP contribution in [0.4, 0.5) is 4.79 Å². The van der Waals surface area contributed by atoms with Gasteiger partial charge in [-0.2, -0.15) is 0 Å². The lowest BCUT2D eigenvalue weighted by Gasteiger charge is -2.10. The van der Waals surface area contributed by atoms with Crippen molar-refractivity contribution in [1.29, 1.82) is 0 Å². The molecule has 0 unspecified atom stereocenters. The zero-order valence-electron chi connectivity index (χ0n) is 11.0. The SMILES string of the molecule is CCOC(=O)[O-].C[P+](C)(C)Cc1ccccc1. The second-order valence-corrected chi connectivity index (χ2v) is 9.51. The Morgan fingerprint density at radius 1 is 1.24 bits per heavy atom. The molecule has 0 heterocycles. The molecule has 4 heteroatoms. The Kier molecular flexibility index (Phi) is 7.56. The number of hydrogen-bond acceptors (Lipinski definition) is 3. The minimum absolute atomic E-state index is 0.169. The lowest BCUT2D eigenvalue weighted by atomic mass is 10.2. The maximum absolute atomic E-state index is 9.27. The highest BCUT2D eigenvalue weighted by Gasteiger charge is 2.16. The Balaban J connectivity index is 0.000000366. The molecule has 0 spiro atoms. The monoisotopic (exact) mass is 256 g/mol. The maximum Gasteiger partial charge on any atom is 0.251 e. The second kappa shape index (κ2) is 8.08. The van der Waals surface area contributed by atoms with Gasteiger partial charge >= 0.3 is 0 Å². The van der Waals surface area contributed by atoms with Crippen LogP contribution in [0.25, 0.3) is 0 Å². The summed E-state index contributed by atoms with van der Waals surface area (Å²) in [6, 6.07) is 10.7. The lowest BCUT2D eigenvalue weighted by Crippen LogP contribution is -2.23. The third kappa shape index (κ3) is 11.2. The molecule has 0 saturated carbocycles. The van der Waals surface area contributed by atoms with Crippen LogP contribution in [0, 0.1) is 0 Å². The maximum atomic E-state index is 9.27. The Bertz CT molecular complexity index is 317. The highest BCUT2D eigenvalue weighted by Crippen LogP contribution is 2.49. The molecule has 0 saturated heterocycles. The van der Waals surface area contributed by atoms with Crippen molar-refractivity contribution < 1.29 is 14.6 Å². The molecule has 0 radical (unpaired) electrons. The third-order valence-electron chi connectivity index (χ3n) is 1.76. The van der Waals surface area contributed by atoms with Crippen LogP contribution in [0.1, 0.15) is 12.5 Å². The highest BCUT2D eigenvalue weighted by molar-refractivity contribution is 7.72. The van der Waals surface area contributed by atoms with Gasteiger partial charge in [0.05, 0.1) is 6.16 Å². The molecule has 0 aliphatic rings. The summed E-state index contributed by atoms with van der Waals surface area (Å²) in [5.41, 5.74) is 1.48. The predicted molar refractivity (Wildman–Crippen MR) is 71.9 cm³/mol. The molecule has 0 bridgehead atoms. The van der Waals surface area contributed by atoms with Gasteiger partial charge in [0, 0.05) is 33.9 Å². The molecule has 1 aromatic carbocycles. The van der Waals surface area contributed by atoms with Crippen LogP contribution < -0.4 is 5.11 Å². The molecule has 0 fully saturated rings. The van der Waals surface area contributed by atoms with E-state index in [2.05, 4.69) is 55.1 Å². The van der Waals surface area contributed by atoms with E-state index in [0.717, 1.165) is 0 Å². The first-order chi connectivity index (χ1) is 7.85. The Labute approximate surface area is 104 Å². The van der Waals surface area contributed by atoms with Crippen LogP contribution in [-0.4, -0.2) is 32.8 Å². The quantitative estimate of drug-likeness (QED) is 0.616. The molecule has 1 rings (SSSR count). The molecule has 17 heavy (non-hydrogen) atoms. The largest absolute Gasteiger partial charge is 0.550 e. The van der Waals surface area contributed by atoms with Crippen LogP contribution in [0.15, 0.2) is 30.3 Å². The molecule has 0 aromatic heterocycles. The molecule has 0 atom stereocenters. The molecule has 0 amide bonds. The van der Waals surface area contributed by atoms with Crippen molar-refractivity contribution in [2.45, 2.75) is 13.1 Å². The van der Waals surface area contributed by atoms with Crippen molar-refractivity contribution in [1.82, 2.24) is 0 Å². The number of carbonyl (C=O) groups excluding carboxylic acids is 1. The van der Waals surface area contributed by atoms with Gasteiger partial charge in [-0.15, -0.1) is 0 Å². The van der Waals surface area contributed by atoms with Gasteiger partial charge in [-0.05, 0) is 12.5 Å². The van der Waals surface area contributed by atoms with Gasteiger partial charge in [-0.25, -0.2) is 0 Å². The minimum atomic E-state index is -1.46. The summed E-state index contributed by atoms with van der Waals surface area (Å²) in [5, 5.41) is 9.27. The Morgan fingerprint density at radius 2 is 1.76 bits per heavy atom. The van der Waals surface area contributed by atoms with Crippen molar-refractivity contribution in [2.75, 3.05) is 26.6 Å². The van der Waals surface area contributed by atoms with Crippen LogP contribution in [0.5, 0.6) is 0 Å². The fourth-order valence-corrected chi connectivity index (χ4v) is 2.56. The van der Waals surface area contributed by atoms with E-state index in [9.17, 15) is 9.90 Å². The van der Waals surface area contributed by atoms with Gasteiger partial charge < -0.3 is 14.6 Å². The number of ether oxygens (including phenoxy) is 1. The number of carboxylic acid groups (broad SMARTS) is 1. The average molecular weight is 256 g/mol. The Morgan fingerprint density at radius 3 is 2.06 bits per heavy atom. The molecule has 0 aliphatic heterocycles. The standard InChI is InChI=1S/C10H16P.C3H6O3/c1-11(2,3)9-10-7-5-4-6-8-10;1-2-6-3(4)5/h4-8H,9H2,1-3H3;2H2,1H3,(H,4,5)/q+1;/p-1. The summed E-state index contributed by atoms with van der Waals surface area (Å²) in [7, 11) is -0.638. The number of hydrogen-bond donors (Lipinski definition) is 0. The lowest BCUT2D eigenvalue weighted by molar-refractivity contribution is -0.282. The van der Waals surface area contributed by atoms with E-state index in [-0.39, 0.29) is 6.61 Å². The fourth-order valence-electron chi connectivity index (χ4n) is 1.25. The van der Waals surface area contributed by atoms with Gasteiger partial charge in [0.2, 0.25) is 0 Å². The first-order valence-corrected chi connectivity index (χ1v) is 8.85. The van der Waals surface area contributed by atoms with Crippen LogP contribution in [0.3, 0.4) is 0 Å². The average Bonchev–Trinajstić information content (AvgIpc) is 2.17. The fraction of sp³-hybridized carbons (Fsp3) is 0.462. The summed E-state index contributed by atoms with van der Waals surface area (Å²) in [6.07, 6.45) is -0.189. The molecule has 3 nitrogen and oxygen atoms in total. The zero-order valence-corrected chi connectivity index (χ0v) is 11.9. The third-order valence-corrected chi connectivity index (χ3v) is 3.08. The van der Waals surface area contributed by atoms with Crippen molar-refractivity contribution >= 4 is 13.4 Å². The summed E-state index contributed by atoms with van der Waals surface area (Å²) in [5.74, 6) is 0. The molecular formula is C13H21O3P. The van der Waals surface area contributed by atoms with Gasteiger partial charge in [-0.1, -0.05) is 30.3 Å². The van der Waals surface area contributed by atoms with Crippen LogP contribution in [-0.2, 0) is 10.9 Å². The van der Waals surface area contributed by atoms with Crippen molar-refractivity contribution in [2.24, 2.45) is 0 Å². The number of rotatable bonds is 3. The number of benzene rings is 1. The summed E-state index contributed by atoms with van der Waals surface area (Å²) < 4.78 is 3.85.